The topological polar surface area (TPSA) is 92.5 Å². The van der Waals surface area contributed by atoms with E-state index in [1.54, 1.807) is 19.2 Å². The van der Waals surface area contributed by atoms with Gasteiger partial charge >= 0.3 is 0 Å². The SMILES string of the molecule is CC1(C)C(=O)NCCN1S(=O)(=O)c1cc(N)cs1. The Morgan fingerprint density at radius 2 is 2.17 bits per heavy atom. The van der Waals surface area contributed by atoms with Crippen LogP contribution in [0.15, 0.2) is 15.7 Å². The van der Waals surface area contributed by atoms with Gasteiger partial charge in [0.05, 0.1) is 0 Å². The van der Waals surface area contributed by atoms with Crippen molar-refractivity contribution in [2.75, 3.05) is 18.8 Å². The molecule has 3 N–H and O–H groups in total. The van der Waals surface area contributed by atoms with E-state index in [0.29, 0.717) is 12.2 Å². The van der Waals surface area contributed by atoms with Crippen molar-refractivity contribution in [2.45, 2.75) is 23.6 Å². The maximum Gasteiger partial charge on any atom is 0.253 e. The first-order valence-corrected chi connectivity index (χ1v) is 7.73. The van der Waals surface area contributed by atoms with Crippen LogP contribution in [0, 0.1) is 0 Å². The van der Waals surface area contributed by atoms with Gasteiger partial charge in [0.25, 0.3) is 10.0 Å². The Morgan fingerprint density at radius 1 is 1.50 bits per heavy atom. The third-order valence-electron chi connectivity index (χ3n) is 2.92. The average Bonchev–Trinajstić information content (AvgIpc) is 2.69. The Morgan fingerprint density at radius 3 is 2.72 bits per heavy atom. The molecule has 8 heteroatoms. The summed E-state index contributed by atoms with van der Waals surface area (Å²) in [7, 11) is -3.67. The summed E-state index contributed by atoms with van der Waals surface area (Å²) in [6, 6.07) is 1.42. The van der Waals surface area contributed by atoms with Crippen LogP contribution in [0.2, 0.25) is 0 Å². The lowest BCUT2D eigenvalue weighted by Gasteiger charge is -2.39. The van der Waals surface area contributed by atoms with Crippen molar-refractivity contribution in [3.63, 3.8) is 0 Å². The summed E-state index contributed by atoms with van der Waals surface area (Å²) >= 11 is 1.07. The molecular formula is C10H15N3O3S2. The maximum absolute atomic E-state index is 12.5. The predicted molar refractivity (Wildman–Crippen MR) is 69.7 cm³/mol. The fraction of sp³-hybridized carbons (Fsp3) is 0.500. The molecule has 0 aromatic carbocycles. The van der Waals surface area contributed by atoms with Crippen LogP contribution in [0.3, 0.4) is 0 Å². The van der Waals surface area contributed by atoms with E-state index in [0.717, 1.165) is 11.3 Å². The number of sulfonamides is 1. The molecule has 0 spiro atoms. The van der Waals surface area contributed by atoms with Gasteiger partial charge in [-0.25, -0.2) is 8.42 Å². The van der Waals surface area contributed by atoms with Crippen LogP contribution in [0.5, 0.6) is 0 Å². The lowest BCUT2D eigenvalue weighted by atomic mass is 10.0. The fourth-order valence-electron chi connectivity index (χ4n) is 1.87. The Labute approximate surface area is 110 Å². The zero-order valence-corrected chi connectivity index (χ0v) is 11.8. The fourth-order valence-corrected chi connectivity index (χ4v) is 4.82. The van der Waals surface area contributed by atoms with Gasteiger partial charge in [0.15, 0.2) is 0 Å². The number of amides is 1. The molecule has 1 aromatic rings. The molecule has 0 bridgehead atoms. The lowest BCUT2D eigenvalue weighted by molar-refractivity contribution is -0.131. The molecule has 1 fully saturated rings. The van der Waals surface area contributed by atoms with E-state index >= 15 is 0 Å². The van der Waals surface area contributed by atoms with Crippen molar-refractivity contribution in [3.05, 3.63) is 11.4 Å². The van der Waals surface area contributed by atoms with Gasteiger partial charge in [-0.15, -0.1) is 11.3 Å². The van der Waals surface area contributed by atoms with Gasteiger partial charge in [-0.1, -0.05) is 0 Å². The van der Waals surface area contributed by atoms with Gasteiger partial charge in [-0.05, 0) is 19.9 Å². The van der Waals surface area contributed by atoms with Crippen molar-refractivity contribution >= 4 is 33.0 Å². The van der Waals surface area contributed by atoms with Crippen LogP contribution < -0.4 is 11.1 Å². The zero-order valence-electron chi connectivity index (χ0n) is 10.1. The first kappa shape index (κ1) is 13.3. The highest BCUT2D eigenvalue weighted by Crippen LogP contribution is 2.30. The van der Waals surface area contributed by atoms with Crippen LogP contribution in [-0.4, -0.2) is 37.3 Å². The second-order valence-corrected chi connectivity index (χ2v) is 7.59. The summed E-state index contributed by atoms with van der Waals surface area (Å²) < 4.78 is 26.3. The number of carbonyl (C=O) groups excluding carboxylic acids is 1. The normalized spacial score (nSPS) is 20.7. The van der Waals surface area contributed by atoms with E-state index < -0.39 is 15.6 Å². The number of piperazine rings is 1. The Kier molecular flexibility index (Phi) is 3.12. The number of carbonyl (C=O) groups is 1. The quantitative estimate of drug-likeness (QED) is 0.815. The van der Waals surface area contributed by atoms with Crippen LogP contribution >= 0.6 is 11.3 Å². The highest BCUT2D eigenvalue weighted by Gasteiger charge is 2.45. The van der Waals surface area contributed by atoms with Gasteiger partial charge in [0.1, 0.15) is 9.75 Å². The van der Waals surface area contributed by atoms with E-state index in [-0.39, 0.29) is 16.7 Å². The Hall–Kier alpha value is -1.12. The number of rotatable bonds is 2. The van der Waals surface area contributed by atoms with Crippen molar-refractivity contribution in [2.24, 2.45) is 0 Å². The smallest absolute Gasteiger partial charge is 0.253 e. The molecule has 1 saturated heterocycles. The summed E-state index contributed by atoms with van der Waals surface area (Å²) in [6.07, 6.45) is 0. The maximum atomic E-state index is 12.5. The minimum atomic E-state index is -3.67. The number of anilines is 1. The highest BCUT2D eigenvalue weighted by atomic mass is 32.2. The largest absolute Gasteiger partial charge is 0.398 e. The second kappa shape index (κ2) is 4.22. The molecule has 1 aliphatic heterocycles. The molecule has 1 amide bonds. The molecule has 2 heterocycles. The van der Waals surface area contributed by atoms with Gasteiger partial charge in [0, 0.05) is 24.2 Å². The number of thiophene rings is 1. The van der Waals surface area contributed by atoms with Gasteiger partial charge in [-0.2, -0.15) is 4.31 Å². The number of nitrogens with one attached hydrogen (secondary N) is 1. The summed E-state index contributed by atoms with van der Waals surface area (Å²) in [5, 5.41) is 4.24. The molecule has 6 nitrogen and oxygen atoms in total. The van der Waals surface area contributed by atoms with E-state index in [1.165, 1.54) is 10.4 Å². The van der Waals surface area contributed by atoms with Crippen molar-refractivity contribution in [3.8, 4) is 0 Å². The number of nitrogens with zero attached hydrogens (tertiary/aromatic N) is 1. The zero-order chi connectivity index (χ0) is 13.6. The summed E-state index contributed by atoms with van der Waals surface area (Å²) in [5.41, 5.74) is 4.88. The average molecular weight is 289 g/mol. The molecule has 2 rings (SSSR count). The third kappa shape index (κ3) is 2.00. The summed E-state index contributed by atoms with van der Waals surface area (Å²) in [6.45, 7) is 3.77. The van der Waals surface area contributed by atoms with Gasteiger partial charge in [-0.3, -0.25) is 4.79 Å². The van der Waals surface area contributed by atoms with Crippen molar-refractivity contribution in [1.82, 2.24) is 9.62 Å². The molecule has 0 aliphatic carbocycles. The van der Waals surface area contributed by atoms with E-state index in [1.807, 2.05) is 0 Å². The van der Waals surface area contributed by atoms with E-state index in [4.69, 9.17) is 5.73 Å². The first-order valence-electron chi connectivity index (χ1n) is 5.41. The molecule has 1 aliphatic rings. The highest BCUT2D eigenvalue weighted by molar-refractivity contribution is 7.91. The van der Waals surface area contributed by atoms with Crippen LogP contribution in [0.25, 0.3) is 0 Å². The predicted octanol–water partition coefficient (Wildman–Crippen LogP) is 0.229. The van der Waals surface area contributed by atoms with E-state index in [9.17, 15) is 13.2 Å². The molecule has 18 heavy (non-hydrogen) atoms. The van der Waals surface area contributed by atoms with Gasteiger partial charge in [0.2, 0.25) is 5.91 Å². The molecule has 0 atom stereocenters. The van der Waals surface area contributed by atoms with Crippen LogP contribution in [0.4, 0.5) is 5.69 Å². The number of nitrogens with two attached hydrogens (primary N) is 1. The Bertz CT molecular complexity index is 577. The van der Waals surface area contributed by atoms with Crippen molar-refractivity contribution < 1.29 is 13.2 Å². The molecule has 0 saturated carbocycles. The minimum absolute atomic E-state index is 0.169. The molecule has 0 radical (unpaired) electrons. The second-order valence-electron chi connectivity index (χ2n) is 4.59. The molecule has 0 unspecified atom stereocenters. The molecule has 1 aromatic heterocycles. The third-order valence-corrected chi connectivity index (χ3v) is 6.43. The summed E-state index contributed by atoms with van der Waals surface area (Å²) in [5.74, 6) is -0.290. The standard InChI is InChI=1S/C10H15N3O3S2/c1-10(2)9(14)12-3-4-13(10)18(15,16)8-5-7(11)6-17-8/h5-6H,3-4,11H2,1-2H3,(H,12,14). The molecule has 100 valence electrons. The van der Waals surface area contributed by atoms with Crippen LogP contribution in [0.1, 0.15) is 13.8 Å². The lowest BCUT2D eigenvalue weighted by Crippen LogP contribution is -2.63. The number of hydrogen-bond acceptors (Lipinski definition) is 5. The monoisotopic (exact) mass is 289 g/mol. The summed E-state index contributed by atoms with van der Waals surface area (Å²) in [4.78, 5) is 11.8. The number of hydrogen-bond donors (Lipinski definition) is 2. The minimum Gasteiger partial charge on any atom is -0.398 e. The number of nitrogen functional groups attached to an aromatic ring is 1. The van der Waals surface area contributed by atoms with Crippen molar-refractivity contribution in [1.29, 1.82) is 0 Å². The first-order chi connectivity index (χ1) is 8.26. The molecular weight excluding hydrogens is 274 g/mol. The Balaban J connectivity index is 2.44. The van der Waals surface area contributed by atoms with E-state index in [2.05, 4.69) is 5.32 Å². The van der Waals surface area contributed by atoms with Crippen LogP contribution in [-0.2, 0) is 14.8 Å². The van der Waals surface area contributed by atoms with Gasteiger partial charge < -0.3 is 11.1 Å².